The molecule has 1 aliphatic heterocycles. The number of anilines is 2. The van der Waals surface area contributed by atoms with Gasteiger partial charge in [0.25, 0.3) is 0 Å². The Labute approximate surface area is 186 Å². The molecule has 4 rings (SSSR count). The second-order valence-electron chi connectivity index (χ2n) is 7.48. The summed E-state index contributed by atoms with van der Waals surface area (Å²) >= 11 is 0. The normalized spacial score (nSPS) is 14.1. The summed E-state index contributed by atoms with van der Waals surface area (Å²) in [7, 11) is -4.08. The van der Waals surface area contributed by atoms with Crippen LogP contribution >= 0.6 is 0 Å². The monoisotopic (exact) mass is 453 g/mol. The van der Waals surface area contributed by atoms with Gasteiger partial charge in [-0.15, -0.1) is 10.2 Å². The van der Waals surface area contributed by atoms with Gasteiger partial charge < -0.3 is 9.08 Å². The van der Waals surface area contributed by atoms with Crippen LogP contribution in [-0.4, -0.2) is 36.4 Å². The maximum atomic E-state index is 11.1. The lowest BCUT2D eigenvalue weighted by Crippen LogP contribution is -2.31. The van der Waals surface area contributed by atoms with Crippen LogP contribution in [0.4, 0.5) is 11.4 Å². The van der Waals surface area contributed by atoms with Gasteiger partial charge in [0.15, 0.2) is 0 Å². The molecular formula is C21H23N7O3S. The molecule has 0 spiro atoms. The molecule has 1 aromatic heterocycles. The van der Waals surface area contributed by atoms with Crippen molar-refractivity contribution in [3.63, 3.8) is 0 Å². The molecule has 3 aromatic rings. The summed E-state index contributed by atoms with van der Waals surface area (Å²) < 4.78 is 28.7. The third-order valence-electron chi connectivity index (χ3n) is 5.25. The van der Waals surface area contributed by atoms with Crippen molar-refractivity contribution in [2.75, 3.05) is 23.0 Å². The van der Waals surface area contributed by atoms with Crippen molar-refractivity contribution in [1.82, 2.24) is 14.9 Å². The van der Waals surface area contributed by atoms with E-state index in [1.807, 2.05) is 23.2 Å². The van der Waals surface area contributed by atoms with Crippen LogP contribution in [0.15, 0.2) is 55.1 Å². The van der Waals surface area contributed by atoms with Crippen LogP contribution in [-0.2, 0) is 16.8 Å². The molecule has 0 radical (unpaired) electrons. The van der Waals surface area contributed by atoms with Crippen molar-refractivity contribution in [2.24, 2.45) is 5.14 Å². The summed E-state index contributed by atoms with van der Waals surface area (Å²) in [6, 6.07) is 14.6. The highest BCUT2D eigenvalue weighted by molar-refractivity contribution is 7.84. The predicted molar refractivity (Wildman–Crippen MR) is 119 cm³/mol. The minimum absolute atomic E-state index is 0.137. The summed E-state index contributed by atoms with van der Waals surface area (Å²) in [5, 5.41) is 24.3. The van der Waals surface area contributed by atoms with Gasteiger partial charge in [0, 0.05) is 13.1 Å². The predicted octanol–water partition coefficient (Wildman–Crippen LogP) is 2.19. The Morgan fingerprint density at radius 2 is 1.75 bits per heavy atom. The fourth-order valence-corrected chi connectivity index (χ4v) is 4.13. The molecule has 2 N–H and O–H groups in total. The number of nitrogens with two attached hydrogens (primary N) is 1. The van der Waals surface area contributed by atoms with Crippen molar-refractivity contribution in [2.45, 2.75) is 25.8 Å². The van der Waals surface area contributed by atoms with Crippen molar-refractivity contribution in [3.8, 4) is 11.8 Å². The largest absolute Gasteiger partial charge is 0.380 e. The molecule has 1 fully saturated rings. The number of rotatable bonds is 7. The lowest BCUT2D eigenvalue weighted by molar-refractivity contribution is 0.487. The Morgan fingerprint density at radius 1 is 1.06 bits per heavy atom. The minimum atomic E-state index is -4.08. The first-order chi connectivity index (χ1) is 15.4. The van der Waals surface area contributed by atoms with E-state index in [2.05, 4.69) is 21.2 Å². The molecule has 0 atom stereocenters. The van der Waals surface area contributed by atoms with Crippen LogP contribution in [0.1, 0.15) is 30.4 Å². The van der Waals surface area contributed by atoms with E-state index in [-0.39, 0.29) is 5.75 Å². The summed E-state index contributed by atoms with van der Waals surface area (Å²) in [5.41, 5.74) is 3.32. The van der Waals surface area contributed by atoms with E-state index in [4.69, 9.17) is 9.32 Å². The summed E-state index contributed by atoms with van der Waals surface area (Å²) in [6.45, 7) is 2.30. The third kappa shape index (κ3) is 5.16. The molecule has 1 saturated heterocycles. The fraction of sp³-hybridized carbons (Fsp3) is 0.286. The van der Waals surface area contributed by atoms with Gasteiger partial charge in [-0.3, -0.25) is 5.01 Å². The van der Waals surface area contributed by atoms with E-state index in [0.29, 0.717) is 12.1 Å². The maximum absolute atomic E-state index is 11.1. The standard InChI is InChI=1S/C21H23N7O3S/c22-13-18-6-7-19(12-21(18)26-10-2-1-3-11-26)28(27-15-24-25-16-27)14-17-4-8-20(9-5-17)31-32(23,29)30/h4-9,12,15-16H,1-3,10-11,14H2,(H2,23,29,30). The number of nitrogens with zero attached hydrogens (tertiary/aromatic N) is 6. The van der Waals surface area contributed by atoms with Crippen molar-refractivity contribution in [1.29, 1.82) is 5.26 Å². The Kier molecular flexibility index (Phi) is 6.25. The van der Waals surface area contributed by atoms with Gasteiger partial charge in [0.2, 0.25) is 0 Å². The molecule has 2 heterocycles. The van der Waals surface area contributed by atoms with Crippen LogP contribution in [0, 0.1) is 11.3 Å². The van der Waals surface area contributed by atoms with Crippen molar-refractivity contribution in [3.05, 3.63) is 66.2 Å². The van der Waals surface area contributed by atoms with Crippen LogP contribution in [0.3, 0.4) is 0 Å². The molecule has 0 bridgehead atoms. The smallest absolute Gasteiger partial charge is 0.371 e. The highest BCUT2D eigenvalue weighted by Gasteiger charge is 2.18. The zero-order valence-corrected chi connectivity index (χ0v) is 18.1. The third-order valence-corrected chi connectivity index (χ3v) is 5.67. The van der Waals surface area contributed by atoms with Crippen LogP contribution in [0.5, 0.6) is 5.75 Å². The van der Waals surface area contributed by atoms with Crippen molar-refractivity contribution >= 4 is 21.7 Å². The Morgan fingerprint density at radius 3 is 2.38 bits per heavy atom. The average molecular weight is 454 g/mol. The number of hydrogen-bond donors (Lipinski definition) is 1. The number of nitriles is 1. The van der Waals surface area contributed by atoms with Crippen LogP contribution < -0.4 is 19.2 Å². The SMILES string of the molecule is N#Cc1ccc(N(Cc2ccc(OS(N)(=O)=O)cc2)n2cnnc2)cc1N1CCCCC1. The van der Waals surface area contributed by atoms with E-state index >= 15 is 0 Å². The van der Waals surface area contributed by atoms with Gasteiger partial charge in [0.1, 0.15) is 24.5 Å². The van der Waals surface area contributed by atoms with Gasteiger partial charge >= 0.3 is 10.3 Å². The van der Waals surface area contributed by atoms with E-state index in [0.717, 1.165) is 42.9 Å². The van der Waals surface area contributed by atoms with Gasteiger partial charge in [0.05, 0.1) is 23.5 Å². The van der Waals surface area contributed by atoms with Gasteiger partial charge in [-0.1, -0.05) is 12.1 Å². The zero-order chi connectivity index (χ0) is 22.6. The number of benzene rings is 2. The van der Waals surface area contributed by atoms with Crippen LogP contribution in [0.2, 0.25) is 0 Å². The molecule has 0 aliphatic carbocycles. The lowest BCUT2D eigenvalue weighted by Gasteiger charge is -2.31. The Hall–Kier alpha value is -3.62. The van der Waals surface area contributed by atoms with E-state index in [1.165, 1.54) is 6.42 Å². The molecule has 10 nitrogen and oxygen atoms in total. The fourth-order valence-electron chi connectivity index (χ4n) is 3.76. The zero-order valence-electron chi connectivity index (χ0n) is 17.3. The molecule has 2 aromatic carbocycles. The molecule has 0 unspecified atom stereocenters. The van der Waals surface area contributed by atoms with Gasteiger partial charge in [-0.2, -0.15) is 18.8 Å². The Bertz CT molecular complexity index is 1200. The lowest BCUT2D eigenvalue weighted by atomic mass is 10.1. The van der Waals surface area contributed by atoms with Gasteiger partial charge in [-0.05, 0) is 55.2 Å². The minimum Gasteiger partial charge on any atom is -0.371 e. The second kappa shape index (κ2) is 9.25. The molecule has 11 heteroatoms. The first kappa shape index (κ1) is 21.6. The molecule has 166 valence electrons. The number of hydrogen-bond acceptors (Lipinski definition) is 8. The highest BCUT2D eigenvalue weighted by Crippen LogP contribution is 2.30. The van der Waals surface area contributed by atoms with E-state index in [1.54, 1.807) is 41.6 Å². The van der Waals surface area contributed by atoms with E-state index < -0.39 is 10.3 Å². The number of aromatic nitrogens is 3. The van der Waals surface area contributed by atoms with Gasteiger partial charge in [-0.25, -0.2) is 4.68 Å². The molecular weight excluding hydrogens is 430 g/mol. The summed E-state index contributed by atoms with van der Waals surface area (Å²) in [4.78, 5) is 2.26. The first-order valence-electron chi connectivity index (χ1n) is 10.2. The molecule has 32 heavy (non-hydrogen) atoms. The highest BCUT2D eigenvalue weighted by atomic mass is 32.2. The number of piperidine rings is 1. The average Bonchev–Trinajstić information content (AvgIpc) is 3.32. The summed E-state index contributed by atoms with van der Waals surface area (Å²) in [5.74, 6) is 0.137. The summed E-state index contributed by atoms with van der Waals surface area (Å²) in [6.07, 6.45) is 6.61. The Balaban J connectivity index is 1.65. The maximum Gasteiger partial charge on any atom is 0.380 e. The molecule has 0 saturated carbocycles. The second-order valence-corrected chi connectivity index (χ2v) is 8.63. The quantitative estimate of drug-likeness (QED) is 0.576. The topological polar surface area (TPSA) is 130 Å². The van der Waals surface area contributed by atoms with Crippen molar-refractivity contribution < 1.29 is 12.6 Å². The molecule has 0 amide bonds. The van der Waals surface area contributed by atoms with E-state index in [9.17, 15) is 13.7 Å². The van der Waals surface area contributed by atoms with Crippen LogP contribution in [0.25, 0.3) is 0 Å². The molecule has 1 aliphatic rings. The first-order valence-corrected chi connectivity index (χ1v) is 11.6.